The van der Waals surface area contributed by atoms with Crippen LogP contribution < -0.4 is 5.32 Å². The van der Waals surface area contributed by atoms with Crippen LogP contribution in [0.2, 0.25) is 0 Å². The van der Waals surface area contributed by atoms with E-state index in [-0.39, 0.29) is 0 Å². The molecule has 0 amide bonds. The Morgan fingerprint density at radius 3 is 2.17 bits per heavy atom. The van der Waals surface area contributed by atoms with E-state index in [9.17, 15) is 0 Å². The summed E-state index contributed by atoms with van der Waals surface area (Å²) >= 11 is 0. The van der Waals surface area contributed by atoms with Crippen molar-refractivity contribution in [3.05, 3.63) is 0 Å². The van der Waals surface area contributed by atoms with Gasteiger partial charge in [0.15, 0.2) is 0 Å². The fourth-order valence-electron chi connectivity index (χ4n) is 3.16. The molecule has 2 heteroatoms. The number of nitrogens with one attached hydrogen (secondary N) is 1. The first-order chi connectivity index (χ1) is 8.37. The van der Waals surface area contributed by atoms with E-state index in [2.05, 4.69) is 51.8 Å². The van der Waals surface area contributed by atoms with Crippen molar-refractivity contribution in [1.29, 1.82) is 0 Å². The molecule has 1 saturated heterocycles. The molecule has 0 bridgehead atoms. The second kappa shape index (κ2) is 6.38. The van der Waals surface area contributed by atoms with E-state index >= 15 is 0 Å². The lowest BCUT2D eigenvalue weighted by Gasteiger charge is -2.35. The third-order valence-electron chi connectivity index (χ3n) is 4.95. The zero-order chi connectivity index (χ0) is 13.8. The van der Waals surface area contributed by atoms with Gasteiger partial charge in [-0.05, 0) is 43.2 Å². The number of nitrogens with zero attached hydrogens (tertiary/aromatic N) is 1. The highest BCUT2D eigenvalue weighted by Gasteiger charge is 2.36. The minimum absolute atomic E-state index is 0.347. The van der Waals surface area contributed by atoms with Gasteiger partial charge in [-0.1, -0.05) is 41.5 Å². The predicted octanol–water partition coefficient (Wildman–Crippen LogP) is 3.52. The Bertz CT molecular complexity index is 238. The van der Waals surface area contributed by atoms with Gasteiger partial charge in [0.05, 0.1) is 0 Å². The van der Waals surface area contributed by atoms with E-state index in [1.165, 1.54) is 38.9 Å². The molecule has 0 aromatic carbocycles. The van der Waals surface area contributed by atoms with Gasteiger partial charge in [-0.3, -0.25) is 0 Å². The van der Waals surface area contributed by atoms with Crippen molar-refractivity contribution in [2.75, 3.05) is 26.2 Å². The summed E-state index contributed by atoms with van der Waals surface area (Å²) in [6, 6.07) is 0.604. The summed E-state index contributed by atoms with van der Waals surface area (Å²) < 4.78 is 0. The molecule has 1 rings (SSSR count). The highest BCUT2D eigenvalue weighted by atomic mass is 15.2. The van der Waals surface area contributed by atoms with Crippen LogP contribution in [0.15, 0.2) is 0 Å². The quantitative estimate of drug-likeness (QED) is 0.780. The fraction of sp³-hybridized carbons (Fsp3) is 1.00. The predicted molar refractivity (Wildman–Crippen MR) is 81.0 cm³/mol. The van der Waals surface area contributed by atoms with Crippen LogP contribution in [0.1, 0.15) is 60.8 Å². The zero-order valence-electron chi connectivity index (χ0n) is 13.5. The molecular formula is C16H34N2. The standard InChI is InChI=1S/C16H34N2/c1-7-16(8-2)10-11-18(13-16)12-14(17-9-3)15(4,5)6/h14,17H,7-13H2,1-6H3. The molecule has 2 nitrogen and oxygen atoms in total. The first-order valence-electron chi connectivity index (χ1n) is 7.82. The van der Waals surface area contributed by atoms with Gasteiger partial charge in [0.25, 0.3) is 0 Å². The van der Waals surface area contributed by atoms with E-state index in [0.717, 1.165) is 6.54 Å². The van der Waals surface area contributed by atoms with Crippen LogP contribution in [0.3, 0.4) is 0 Å². The largest absolute Gasteiger partial charge is 0.312 e. The van der Waals surface area contributed by atoms with Gasteiger partial charge < -0.3 is 10.2 Å². The van der Waals surface area contributed by atoms with Crippen LogP contribution in [0.5, 0.6) is 0 Å². The average Bonchev–Trinajstić information content (AvgIpc) is 2.72. The number of hydrogen-bond donors (Lipinski definition) is 1. The van der Waals surface area contributed by atoms with Crippen molar-refractivity contribution in [2.24, 2.45) is 10.8 Å². The summed E-state index contributed by atoms with van der Waals surface area (Å²) in [5, 5.41) is 3.67. The van der Waals surface area contributed by atoms with Gasteiger partial charge in [-0.15, -0.1) is 0 Å². The smallest absolute Gasteiger partial charge is 0.0243 e. The van der Waals surface area contributed by atoms with Gasteiger partial charge in [0.2, 0.25) is 0 Å². The molecule has 0 radical (unpaired) electrons. The van der Waals surface area contributed by atoms with Crippen molar-refractivity contribution >= 4 is 0 Å². The van der Waals surface area contributed by atoms with Crippen LogP contribution in [0, 0.1) is 10.8 Å². The molecule has 0 saturated carbocycles. The van der Waals surface area contributed by atoms with E-state index in [0.29, 0.717) is 16.9 Å². The molecule has 0 aromatic rings. The summed E-state index contributed by atoms with van der Waals surface area (Å²) in [6.45, 7) is 18.9. The van der Waals surface area contributed by atoms with Gasteiger partial charge in [0, 0.05) is 19.1 Å². The van der Waals surface area contributed by atoms with Gasteiger partial charge in [0.1, 0.15) is 0 Å². The van der Waals surface area contributed by atoms with Crippen LogP contribution in [-0.2, 0) is 0 Å². The average molecular weight is 254 g/mol. The Kier molecular flexibility index (Phi) is 5.67. The monoisotopic (exact) mass is 254 g/mol. The van der Waals surface area contributed by atoms with Gasteiger partial charge >= 0.3 is 0 Å². The normalized spacial score (nSPS) is 22.3. The highest BCUT2D eigenvalue weighted by Crippen LogP contribution is 2.37. The lowest BCUT2D eigenvalue weighted by molar-refractivity contribution is 0.175. The summed E-state index contributed by atoms with van der Waals surface area (Å²) in [7, 11) is 0. The second-order valence-corrected chi connectivity index (χ2v) is 7.17. The van der Waals surface area contributed by atoms with E-state index in [1.807, 2.05) is 0 Å². The van der Waals surface area contributed by atoms with Crippen LogP contribution in [-0.4, -0.2) is 37.1 Å². The zero-order valence-corrected chi connectivity index (χ0v) is 13.5. The SMILES string of the molecule is CCNC(CN1CCC(CC)(CC)C1)C(C)(C)C. The lowest BCUT2D eigenvalue weighted by Crippen LogP contribution is -2.48. The molecule has 108 valence electrons. The van der Waals surface area contributed by atoms with Crippen molar-refractivity contribution in [1.82, 2.24) is 10.2 Å². The fourth-order valence-corrected chi connectivity index (χ4v) is 3.16. The molecule has 0 aliphatic carbocycles. The van der Waals surface area contributed by atoms with Crippen LogP contribution in [0.25, 0.3) is 0 Å². The van der Waals surface area contributed by atoms with E-state index in [1.54, 1.807) is 0 Å². The molecule has 1 N–H and O–H groups in total. The molecule has 18 heavy (non-hydrogen) atoms. The van der Waals surface area contributed by atoms with Crippen molar-refractivity contribution in [3.63, 3.8) is 0 Å². The number of likely N-dealkylation sites (N-methyl/N-ethyl adjacent to an activating group) is 1. The molecule has 1 fully saturated rings. The molecular weight excluding hydrogens is 220 g/mol. The summed E-state index contributed by atoms with van der Waals surface area (Å²) in [5.74, 6) is 0. The van der Waals surface area contributed by atoms with Crippen molar-refractivity contribution < 1.29 is 0 Å². The lowest BCUT2D eigenvalue weighted by atomic mass is 9.82. The Hall–Kier alpha value is -0.0800. The minimum Gasteiger partial charge on any atom is -0.312 e. The maximum absolute atomic E-state index is 3.67. The van der Waals surface area contributed by atoms with E-state index < -0.39 is 0 Å². The molecule has 0 spiro atoms. The summed E-state index contributed by atoms with van der Waals surface area (Å²) in [4.78, 5) is 2.69. The minimum atomic E-state index is 0.347. The van der Waals surface area contributed by atoms with Crippen LogP contribution in [0.4, 0.5) is 0 Å². The first-order valence-corrected chi connectivity index (χ1v) is 7.82. The Labute approximate surface area is 115 Å². The molecule has 1 unspecified atom stereocenters. The van der Waals surface area contributed by atoms with Crippen molar-refractivity contribution in [3.8, 4) is 0 Å². The van der Waals surface area contributed by atoms with Gasteiger partial charge in [-0.25, -0.2) is 0 Å². The Morgan fingerprint density at radius 1 is 1.17 bits per heavy atom. The highest BCUT2D eigenvalue weighted by molar-refractivity contribution is 4.91. The maximum Gasteiger partial charge on any atom is 0.0243 e. The Balaban J connectivity index is 2.57. The third-order valence-corrected chi connectivity index (χ3v) is 4.95. The Morgan fingerprint density at radius 2 is 1.78 bits per heavy atom. The number of likely N-dealkylation sites (tertiary alicyclic amines) is 1. The molecule has 1 aliphatic rings. The van der Waals surface area contributed by atoms with Gasteiger partial charge in [-0.2, -0.15) is 0 Å². The molecule has 0 aromatic heterocycles. The third kappa shape index (κ3) is 3.96. The topological polar surface area (TPSA) is 15.3 Å². The number of hydrogen-bond acceptors (Lipinski definition) is 2. The molecule has 1 aliphatic heterocycles. The molecule has 1 heterocycles. The second-order valence-electron chi connectivity index (χ2n) is 7.17. The first kappa shape index (κ1) is 16.0. The summed E-state index contributed by atoms with van der Waals surface area (Å²) in [6.07, 6.45) is 4.06. The maximum atomic E-state index is 3.67. The molecule has 1 atom stereocenters. The van der Waals surface area contributed by atoms with Crippen LogP contribution >= 0.6 is 0 Å². The van der Waals surface area contributed by atoms with Crippen molar-refractivity contribution in [2.45, 2.75) is 66.8 Å². The number of rotatable bonds is 6. The summed E-state index contributed by atoms with van der Waals surface area (Å²) in [5.41, 5.74) is 0.953. The van der Waals surface area contributed by atoms with E-state index in [4.69, 9.17) is 0 Å².